The number of carbonyl (C=O) groups is 1. The molecule has 17 heavy (non-hydrogen) atoms. The lowest BCUT2D eigenvalue weighted by atomic mass is 10.1. The van der Waals surface area contributed by atoms with Crippen LogP contribution in [0.2, 0.25) is 0 Å². The van der Waals surface area contributed by atoms with E-state index < -0.39 is 0 Å². The third-order valence-electron chi connectivity index (χ3n) is 2.93. The molecule has 3 nitrogen and oxygen atoms in total. The number of rotatable bonds is 5. The van der Waals surface area contributed by atoms with Crippen LogP contribution in [0.3, 0.4) is 0 Å². The van der Waals surface area contributed by atoms with Crippen LogP contribution >= 0.6 is 0 Å². The van der Waals surface area contributed by atoms with Gasteiger partial charge in [-0.15, -0.1) is 0 Å². The second-order valence-electron chi connectivity index (χ2n) is 4.05. The van der Waals surface area contributed by atoms with Crippen molar-refractivity contribution in [2.24, 2.45) is 0 Å². The van der Waals surface area contributed by atoms with Crippen molar-refractivity contribution >= 4 is 5.91 Å². The number of benzene rings is 1. The van der Waals surface area contributed by atoms with Crippen LogP contribution in [0.15, 0.2) is 18.2 Å². The molecule has 0 fully saturated rings. The lowest BCUT2D eigenvalue weighted by Gasteiger charge is -2.18. The van der Waals surface area contributed by atoms with Crippen molar-refractivity contribution in [3.8, 4) is 5.75 Å². The molecule has 1 aromatic carbocycles. The summed E-state index contributed by atoms with van der Waals surface area (Å²) in [7, 11) is 1.66. The Bertz CT molecular complexity index is 384. The second kappa shape index (κ2) is 6.28. The van der Waals surface area contributed by atoms with Crippen LogP contribution in [0.25, 0.3) is 0 Å². The predicted molar refractivity (Wildman–Crippen MR) is 69.4 cm³/mol. The summed E-state index contributed by atoms with van der Waals surface area (Å²) in [6, 6.07) is 5.88. The van der Waals surface area contributed by atoms with Gasteiger partial charge in [0.05, 0.1) is 13.5 Å². The summed E-state index contributed by atoms with van der Waals surface area (Å²) in [4.78, 5) is 13.8. The zero-order valence-electron chi connectivity index (χ0n) is 11.1. The fourth-order valence-corrected chi connectivity index (χ4v) is 1.91. The highest BCUT2D eigenvalue weighted by Gasteiger charge is 2.10. The number of hydrogen-bond donors (Lipinski definition) is 0. The Morgan fingerprint density at radius 3 is 2.41 bits per heavy atom. The number of hydrogen-bond acceptors (Lipinski definition) is 2. The van der Waals surface area contributed by atoms with Crippen molar-refractivity contribution in [2.45, 2.75) is 27.2 Å². The number of ether oxygens (including phenoxy) is 1. The second-order valence-corrected chi connectivity index (χ2v) is 4.05. The molecule has 0 bridgehead atoms. The smallest absolute Gasteiger partial charge is 0.226 e. The van der Waals surface area contributed by atoms with Crippen LogP contribution in [-0.2, 0) is 11.2 Å². The van der Waals surface area contributed by atoms with Gasteiger partial charge in [-0.2, -0.15) is 0 Å². The molecule has 0 aromatic heterocycles. The summed E-state index contributed by atoms with van der Waals surface area (Å²) in [5, 5.41) is 0. The maximum absolute atomic E-state index is 11.9. The Hall–Kier alpha value is -1.51. The summed E-state index contributed by atoms with van der Waals surface area (Å²) in [6.07, 6.45) is 0.465. The molecule has 0 atom stereocenters. The molecule has 0 aliphatic rings. The largest absolute Gasteiger partial charge is 0.496 e. The molecule has 1 aromatic rings. The molecule has 0 heterocycles. The molecule has 1 rings (SSSR count). The highest BCUT2D eigenvalue weighted by atomic mass is 16.5. The van der Waals surface area contributed by atoms with Crippen molar-refractivity contribution in [2.75, 3.05) is 20.2 Å². The van der Waals surface area contributed by atoms with Crippen LogP contribution in [0.1, 0.15) is 25.0 Å². The van der Waals surface area contributed by atoms with Crippen LogP contribution in [0.4, 0.5) is 0 Å². The van der Waals surface area contributed by atoms with E-state index in [1.165, 1.54) is 0 Å². The number of likely N-dealkylation sites (N-methyl/N-ethyl adjacent to an activating group) is 1. The first-order valence-corrected chi connectivity index (χ1v) is 6.03. The fourth-order valence-electron chi connectivity index (χ4n) is 1.91. The number of amides is 1. The van der Waals surface area contributed by atoms with Gasteiger partial charge in [-0.3, -0.25) is 4.79 Å². The van der Waals surface area contributed by atoms with E-state index in [2.05, 4.69) is 0 Å². The highest BCUT2D eigenvalue weighted by Crippen LogP contribution is 2.19. The van der Waals surface area contributed by atoms with Crippen molar-refractivity contribution in [3.05, 3.63) is 29.3 Å². The molecule has 0 saturated heterocycles. The Morgan fingerprint density at radius 2 is 1.94 bits per heavy atom. The van der Waals surface area contributed by atoms with Crippen molar-refractivity contribution in [3.63, 3.8) is 0 Å². The van der Waals surface area contributed by atoms with Crippen molar-refractivity contribution < 1.29 is 9.53 Å². The molecule has 0 saturated carbocycles. The van der Waals surface area contributed by atoms with E-state index >= 15 is 0 Å². The van der Waals surface area contributed by atoms with Gasteiger partial charge >= 0.3 is 0 Å². The molecule has 0 aliphatic heterocycles. The molecule has 0 N–H and O–H groups in total. The molecular weight excluding hydrogens is 214 g/mol. The van der Waals surface area contributed by atoms with E-state index in [1.807, 2.05) is 43.9 Å². The minimum absolute atomic E-state index is 0.180. The van der Waals surface area contributed by atoms with E-state index in [-0.39, 0.29) is 5.91 Å². The topological polar surface area (TPSA) is 29.5 Å². The van der Waals surface area contributed by atoms with Gasteiger partial charge < -0.3 is 9.64 Å². The van der Waals surface area contributed by atoms with E-state index in [0.29, 0.717) is 6.42 Å². The highest BCUT2D eigenvalue weighted by molar-refractivity contribution is 5.78. The third kappa shape index (κ3) is 3.48. The zero-order valence-corrected chi connectivity index (χ0v) is 11.1. The Labute approximate surface area is 103 Å². The van der Waals surface area contributed by atoms with Gasteiger partial charge in [0, 0.05) is 13.1 Å². The molecule has 0 spiro atoms. The first kappa shape index (κ1) is 13.6. The van der Waals surface area contributed by atoms with Gasteiger partial charge in [-0.1, -0.05) is 12.1 Å². The number of methoxy groups -OCH3 is 1. The zero-order chi connectivity index (χ0) is 12.8. The molecule has 94 valence electrons. The van der Waals surface area contributed by atoms with E-state index in [9.17, 15) is 4.79 Å². The molecule has 0 radical (unpaired) electrons. The van der Waals surface area contributed by atoms with Gasteiger partial charge in [0.2, 0.25) is 5.91 Å². The van der Waals surface area contributed by atoms with E-state index in [1.54, 1.807) is 7.11 Å². The maximum Gasteiger partial charge on any atom is 0.226 e. The average molecular weight is 235 g/mol. The molecule has 0 unspecified atom stereocenters. The molecule has 3 heteroatoms. The Kier molecular flexibility index (Phi) is 5.01. The standard InChI is InChI=1S/C14H21NO2/c1-5-15(6-2)14(16)10-12-7-8-13(17-4)11(3)9-12/h7-9H,5-6,10H2,1-4H3. The summed E-state index contributed by atoms with van der Waals surface area (Å²) in [5.74, 6) is 1.05. The minimum atomic E-state index is 0.180. The average Bonchev–Trinajstić information content (AvgIpc) is 2.31. The van der Waals surface area contributed by atoms with Crippen molar-refractivity contribution in [1.82, 2.24) is 4.90 Å². The maximum atomic E-state index is 11.9. The lowest BCUT2D eigenvalue weighted by molar-refractivity contribution is -0.130. The van der Waals surface area contributed by atoms with Gasteiger partial charge in [0.1, 0.15) is 5.75 Å². The van der Waals surface area contributed by atoms with Crippen LogP contribution < -0.4 is 4.74 Å². The Morgan fingerprint density at radius 1 is 1.29 bits per heavy atom. The summed E-state index contributed by atoms with van der Waals surface area (Å²) in [5.41, 5.74) is 2.11. The predicted octanol–water partition coefficient (Wildman–Crippen LogP) is 2.41. The SMILES string of the molecule is CCN(CC)C(=O)Cc1ccc(OC)c(C)c1. The summed E-state index contributed by atoms with van der Waals surface area (Å²) in [6.45, 7) is 7.53. The van der Waals surface area contributed by atoms with Gasteiger partial charge in [-0.25, -0.2) is 0 Å². The summed E-state index contributed by atoms with van der Waals surface area (Å²) < 4.78 is 5.20. The molecule has 1 amide bonds. The molecular formula is C14H21NO2. The van der Waals surface area contributed by atoms with Gasteiger partial charge in [-0.05, 0) is 38.0 Å². The molecule has 0 aliphatic carbocycles. The number of aryl methyl sites for hydroxylation is 1. The van der Waals surface area contributed by atoms with Gasteiger partial charge in [0.15, 0.2) is 0 Å². The van der Waals surface area contributed by atoms with Crippen LogP contribution in [0, 0.1) is 6.92 Å². The van der Waals surface area contributed by atoms with Crippen LogP contribution in [0.5, 0.6) is 5.75 Å². The van der Waals surface area contributed by atoms with Crippen LogP contribution in [-0.4, -0.2) is 31.0 Å². The van der Waals surface area contributed by atoms with E-state index in [4.69, 9.17) is 4.74 Å². The monoisotopic (exact) mass is 235 g/mol. The number of nitrogens with zero attached hydrogens (tertiary/aromatic N) is 1. The number of carbonyl (C=O) groups excluding carboxylic acids is 1. The third-order valence-corrected chi connectivity index (χ3v) is 2.93. The first-order valence-electron chi connectivity index (χ1n) is 6.03. The first-order chi connectivity index (χ1) is 8.12. The lowest BCUT2D eigenvalue weighted by Crippen LogP contribution is -2.31. The fraction of sp³-hybridized carbons (Fsp3) is 0.500. The van der Waals surface area contributed by atoms with E-state index in [0.717, 1.165) is 30.0 Å². The van der Waals surface area contributed by atoms with Gasteiger partial charge in [0.25, 0.3) is 0 Å². The van der Waals surface area contributed by atoms with Crippen molar-refractivity contribution in [1.29, 1.82) is 0 Å². The quantitative estimate of drug-likeness (QED) is 0.784. The minimum Gasteiger partial charge on any atom is -0.496 e. The normalized spacial score (nSPS) is 10.1. The summed E-state index contributed by atoms with van der Waals surface area (Å²) >= 11 is 0. The Balaban J connectivity index is 2.75.